The Kier molecular flexibility index (Phi) is 5.33. The second-order valence-electron chi connectivity index (χ2n) is 6.43. The third kappa shape index (κ3) is 3.75. The van der Waals surface area contributed by atoms with Crippen LogP contribution in [0.4, 0.5) is 0 Å². The van der Waals surface area contributed by atoms with Crippen LogP contribution in [0.25, 0.3) is 0 Å². The van der Waals surface area contributed by atoms with Gasteiger partial charge in [0.15, 0.2) is 0 Å². The molecule has 2 aliphatic rings. The van der Waals surface area contributed by atoms with Gasteiger partial charge < -0.3 is 10.2 Å². The molecule has 0 bridgehead atoms. The van der Waals surface area contributed by atoms with E-state index in [1.165, 1.54) is 4.88 Å². The van der Waals surface area contributed by atoms with Gasteiger partial charge in [-0.1, -0.05) is 6.07 Å². The molecule has 1 atom stereocenters. The number of rotatable bonds is 4. The van der Waals surface area contributed by atoms with Gasteiger partial charge in [0.05, 0.1) is 12.6 Å². The standard InChI is InChI=1S/C17H25N3O2S/c1-18-17(22)13-6-9-19(10-7-13)12-16(21)20-8-2-4-14(20)15-5-3-11-23-15/h3,5,11,13-14H,2,4,6-10,12H2,1H3,(H,18,22)/t14-/m1/s1. The molecule has 6 heteroatoms. The lowest BCUT2D eigenvalue weighted by molar-refractivity contribution is -0.133. The van der Waals surface area contributed by atoms with E-state index >= 15 is 0 Å². The molecule has 2 aliphatic heterocycles. The van der Waals surface area contributed by atoms with Crippen LogP contribution < -0.4 is 5.32 Å². The first-order valence-electron chi connectivity index (χ1n) is 8.46. The lowest BCUT2D eigenvalue weighted by atomic mass is 9.96. The summed E-state index contributed by atoms with van der Waals surface area (Å²) in [5, 5.41) is 4.81. The Morgan fingerprint density at radius 2 is 2.04 bits per heavy atom. The van der Waals surface area contributed by atoms with E-state index in [4.69, 9.17) is 0 Å². The Morgan fingerprint density at radius 3 is 2.70 bits per heavy atom. The van der Waals surface area contributed by atoms with Crippen LogP contribution in [0.2, 0.25) is 0 Å². The minimum absolute atomic E-state index is 0.108. The number of nitrogens with zero attached hydrogens (tertiary/aromatic N) is 2. The number of thiophene rings is 1. The lowest BCUT2D eigenvalue weighted by Crippen LogP contribution is -2.45. The smallest absolute Gasteiger partial charge is 0.237 e. The van der Waals surface area contributed by atoms with Crippen molar-refractivity contribution >= 4 is 23.2 Å². The van der Waals surface area contributed by atoms with E-state index in [0.717, 1.165) is 45.3 Å². The first kappa shape index (κ1) is 16.5. The van der Waals surface area contributed by atoms with Crippen LogP contribution in [0.5, 0.6) is 0 Å². The van der Waals surface area contributed by atoms with E-state index in [9.17, 15) is 9.59 Å². The van der Waals surface area contributed by atoms with Crippen molar-refractivity contribution < 1.29 is 9.59 Å². The highest BCUT2D eigenvalue weighted by atomic mass is 32.1. The molecule has 3 rings (SSSR count). The van der Waals surface area contributed by atoms with Gasteiger partial charge in [0, 0.05) is 24.4 Å². The molecule has 2 fully saturated rings. The molecule has 2 saturated heterocycles. The molecule has 2 amide bonds. The van der Waals surface area contributed by atoms with E-state index in [0.29, 0.717) is 6.54 Å². The highest BCUT2D eigenvalue weighted by molar-refractivity contribution is 7.10. The highest BCUT2D eigenvalue weighted by Crippen LogP contribution is 2.34. The molecule has 5 nitrogen and oxygen atoms in total. The average molecular weight is 335 g/mol. The third-order valence-corrected chi connectivity index (χ3v) is 5.98. The number of carbonyl (C=O) groups excluding carboxylic acids is 2. The summed E-state index contributed by atoms with van der Waals surface area (Å²) in [6.45, 7) is 3.03. The van der Waals surface area contributed by atoms with E-state index in [2.05, 4.69) is 32.6 Å². The SMILES string of the molecule is CNC(=O)C1CCN(CC(=O)N2CCC[C@@H]2c2cccs2)CC1. The predicted octanol–water partition coefficient (Wildman–Crippen LogP) is 1.87. The topological polar surface area (TPSA) is 52.7 Å². The van der Waals surface area contributed by atoms with Gasteiger partial charge in [0.25, 0.3) is 0 Å². The number of piperidine rings is 1. The summed E-state index contributed by atoms with van der Waals surface area (Å²) >= 11 is 1.74. The Balaban J connectivity index is 1.52. The van der Waals surface area contributed by atoms with Gasteiger partial charge in [-0.05, 0) is 50.2 Å². The van der Waals surface area contributed by atoms with Crippen LogP contribution in [-0.2, 0) is 9.59 Å². The van der Waals surface area contributed by atoms with Crippen molar-refractivity contribution in [1.29, 1.82) is 0 Å². The Hall–Kier alpha value is -1.40. The van der Waals surface area contributed by atoms with E-state index in [-0.39, 0.29) is 23.8 Å². The summed E-state index contributed by atoms with van der Waals surface area (Å²) in [5.74, 6) is 0.476. The Morgan fingerprint density at radius 1 is 1.26 bits per heavy atom. The zero-order valence-electron chi connectivity index (χ0n) is 13.7. The largest absolute Gasteiger partial charge is 0.359 e. The predicted molar refractivity (Wildman–Crippen MR) is 91.2 cm³/mol. The molecule has 0 aromatic carbocycles. The minimum Gasteiger partial charge on any atom is -0.359 e. The first-order chi connectivity index (χ1) is 11.2. The third-order valence-electron chi connectivity index (χ3n) is 5.01. The highest BCUT2D eigenvalue weighted by Gasteiger charge is 2.32. The minimum atomic E-state index is 0.108. The molecule has 0 spiro atoms. The van der Waals surface area contributed by atoms with E-state index in [1.54, 1.807) is 18.4 Å². The van der Waals surface area contributed by atoms with Crippen molar-refractivity contribution in [3.05, 3.63) is 22.4 Å². The molecular weight excluding hydrogens is 310 g/mol. The van der Waals surface area contributed by atoms with Crippen molar-refractivity contribution in [2.75, 3.05) is 33.2 Å². The molecule has 0 saturated carbocycles. The van der Waals surface area contributed by atoms with Gasteiger partial charge in [-0.2, -0.15) is 0 Å². The molecule has 3 heterocycles. The van der Waals surface area contributed by atoms with Crippen molar-refractivity contribution in [2.24, 2.45) is 5.92 Å². The number of hydrogen-bond acceptors (Lipinski definition) is 4. The number of amides is 2. The van der Waals surface area contributed by atoms with Crippen LogP contribution in [0.1, 0.15) is 36.6 Å². The molecule has 126 valence electrons. The Labute approximate surface area is 141 Å². The maximum atomic E-state index is 12.7. The molecule has 23 heavy (non-hydrogen) atoms. The van der Waals surface area contributed by atoms with E-state index in [1.807, 2.05) is 0 Å². The normalized spacial score (nSPS) is 23.2. The van der Waals surface area contributed by atoms with Gasteiger partial charge in [0.2, 0.25) is 11.8 Å². The summed E-state index contributed by atoms with van der Waals surface area (Å²) in [5.41, 5.74) is 0. The molecule has 0 radical (unpaired) electrons. The molecule has 1 aromatic heterocycles. The molecule has 0 unspecified atom stereocenters. The second kappa shape index (κ2) is 7.45. The Bertz CT molecular complexity index is 538. The zero-order chi connectivity index (χ0) is 16.2. The molecule has 0 aliphatic carbocycles. The maximum Gasteiger partial charge on any atom is 0.237 e. The molecule has 1 N–H and O–H groups in total. The fraction of sp³-hybridized carbons (Fsp3) is 0.647. The number of nitrogens with one attached hydrogen (secondary N) is 1. The monoisotopic (exact) mass is 335 g/mol. The lowest BCUT2D eigenvalue weighted by Gasteiger charge is -2.32. The molecule has 1 aromatic rings. The first-order valence-corrected chi connectivity index (χ1v) is 9.34. The fourth-order valence-electron chi connectivity index (χ4n) is 3.68. The van der Waals surface area contributed by atoms with Gasteiger partial charge in [-0.15, -0.1) is 11.3 Å². The summed E-state index contributed by atoms with van der Waals surface area (Å²) in [7, 11) is 1.69. The summed E-state index contributed by atoms with van der Waals surface area (Å²) in [6, 6.07) is 4.46. The zero-order valence-corrected chi connectivity index (χ0v) is 14.5. The van der Waals surface area contributed by atoms with Crippen LogP contribution in [0.15, 0.2) is 17.5 Å². The fourth-order valence-corrected chi connectivity index (χ4v) is 4.55. The summed E-state index contributed by atoms with van der Waals surface area (Å²) in [6.07, 6.45) is 3.86. The number of carbonyl (C=O) groups is 2. The van der Waals surface area contributed by atoms with Crippen molar-refractivity contribution in [2.45, 2.75) is 31.7 Å². The van der Waals surface area contributed by atoms with Crippen molar-refractivity contribution in [3.63, 3.8) is 0 Å². The summed E-state index contributed by atoms with van der Waals surface area (Å²) < 4.78 is 0. The number of likely N-dealkylation sites (tertiary alicyclic amines) is 2. The summed E-state index contributed by atoms with van der Waals surface area (Å²) in [4.78, 5) is 29.9. The van der Waals surface area contributed by atoms with Crippen molar-refractivity contribution in [1.82, 2.24) is 15.1 Å². The average Bonchev–Trinajstić information content (AvgIpc) is 3.25. The maximum absolute atomic E-state index is 12.7. The number of hydrogen-bond donors (Lipinski definition) is 1. The van der Waals surface area contributed by atoms with Crippen LogP contribution in [0.3, 0.4) is 0 Å². The second-order valence-corrected chi connectivity index (χ2v) is 7.40. The van der Waals surface area contributed by atoms with Gasteiger partial charge in [-0.3, -0.25) is 14.5 Å². The van der Waals surface area contributed by atoms with Gasteiger partial charge >= 0.3 is 0 Å². The van der Waals surface area contributed by atoms with Crippen LogP contribution >= 0.6 is 11.3 Å². The van der Waals surface area contributed by atoms with Crippen LogP contribution in [0, 0.1) is 5.92 Å². The van der Waals surface area contributed by atoms with Crippen LogP contribution in [-0.4, -0.2) is 54.8 Å². The van der Waals surface area contributed by atoms with Gasteiger partial charge in [-0.25, -0.2) is 0 Å². The van der Waals surface area contributed by atoms with E-state index < -0.39 is 0 Å². The van der Waals surface area contributed by atoms with Crippen molar-refractivity contribution in [3.8, 4) is 0 Å². The molecular formula is C17H25N3O2S. The quantitative estimate of drug-likeness (QED) is 0.914. The van der Waals surface area contributed by atoms with Gasteiger partial charge in [0.1, 0.15) is 0 Å².